The molecular weight excluding hydrogens is 394 g/mol. The van der Waals surface area contributed by atoms with Gasteiger partial charge in [0.05, 0.1) is 17.9 Å². The number of amides is 1. The van der Waals surface area contributed by atoms with E-state index >= 15 is 0 Å². The molecule has 1 aromatic carbocycles. The standard InChI is InChI=1S/C20H27N3O5S/c1-13-7-3-5-9-16(13)22-20(25)14(2)28-18(24)11-12-21-19-15-8-4-6-10-17(15)29(26,27)23-19/h4,6,8,10,13-14,16H,3,5,7,9,11-12H2,1-2H3,(H,21,23)(H,22,25)/t13-,14-,16+/m1/s1. The third-order valence-electron chi connectivity index (χ3n) is 5.37. The minimum Gasteiger partial charge on any atom is -0.452 e. The molecule has 0 bridgehead atoms. The molecule has 1 saturated carbocycles. The molecular formula is C20H27N3O5S. The van der Waals surface area contributed by atoms with E-state index in [9.17, 15) is 18.0 Å². The van der Waals surface area contributed by atoms with Crippen LogP contribution in [0.5, 0.6) is 0 Å². The van der Waals surface area contributed by atoms with Crippen molar-refractivity contribution in [2.75, 3.05) is 6.54 Å². The Bertz CT molecular complexity index is 912. The highest BCUT2D eigenvalue weighted by Gasteiger charge is 2.30. The number of sulfonamides is 1. The molecule has 1 aromatic rings. The van der Waals surface area contributed by atoms with Crippen molar-refractivity contribution in [3.8, 4) is 0 Å². The summed E-state index contributed by atoms with van der Waals surface area (Å²) in [7, 11) is -3.60. The summed E-state index contributed by atoms with van der Waals surface area (Å²) >= 11 is 0. The number of aliphatic imine (C=N–C) groups is 1. The van der Waals surface area contributed by atoms with E-state index in [1.807, 2.05) is 0 Å². The Hall–Kier alpha value is -2.42. The molecule has 1 aliphatic heterocycles. The first-order valence-electron chi connectivity index (χ1n) is 9.94. The van der Waals surface area contributed by atoms with Crippen LogP contribution in [-0.4, -0.2) is 44.8 Å². The Morgan fingerprint density at radius 1 is 1.28 bits per heavy atom. The van der Waals surface area contributed by atoms with E-state index in [4.69, 9.17) is 4.74 Å². The summed E-state index contributed by atoms with van der Waals surface area (Å²) in [6, 6.07) is 6.64. The minimum absolute atomic E-state index is 0.0507. The second kappa shape index (κ2) is 8.94. The normalized spacial score (nSPS) is 25.0. The molecule has 0 radical (unpaired) electrons. The Balaban J connectivity index is 1.49. The molecule has 3 rings (SSSR count). The lowest BCUT2D eigenvalue weighted by Crippen LogP contribution is -2.46. The van der Waals surface area contributed by atoms with E-state index in [0.717, 1.165) is 19.3 Å². The Labute approximate surface area is 171 Å². The molecule has 29 heavy (non-hydrogen) atoms. The number of nitrogens with zero attached hydrogens (tertiary/aromatic N) is 1. The molecule has 1 fully saturated rings. The zero-order valence-electron chi connectivity index (χ0n) is 16.7. The average molecular weight is 422 g/mol. The number of hydrogen-bond acceptors (Lipinski definition) is 6. The molecule has 0 aromatic heterocycles. The Morgan fingerprint density at radius 2 is 2.00 bits per heavy atom. The van der Waals surface area contributed by atoms with Crippen LogP contribution in [0, 0.1) is 5.92 Å². The molecule has 8 nitrogen and oxygen atoms in total. The lowest BCUT2D eigenvalue weighted by Gasteiger charge is -2.30. The van der Waals surface area contributed by atoms with Gasteiger partial charge in [-0.2, -0.15) is 0 Å². The van der Waals surface area contributed by atoms with Gasteiger partial charge in [0.25, 0.3) is 15.9 Å². The number of ether oxygens (including phenoxy) is 1. The SMILES string of the molecule is C[C@@H]1CCCC[C@@H]1NC(=O)[C@@H](C)OC(=O)CCN=C1NS(=O)(=O)c2ccccc21. The van der Waals surface area contributed by atoms with Crippen LogP contribution >= 0.6 is 0 Å². The van der Waals surface area contributed by atoms with Crippen LogP contribution in [0.1, 0.15) is 51.5 Å². The van der Waals surface area contributed by atoms with Crippen LogP contribution in [0.15, 0.2) is 34.2 Å². The van der Waals surface area contributed by atoms with Crippen LogP contribution in [0.25, 0.3) is 0 Å². The number of rotatable bonds is 6. The van der Waals surface area contributed by atoms with Gasteiger partial charge in [0.1, 0.15) is 5.84 Å². The van der Waals surface area contributed by atoms with Gasteiger partial charge in [-0.3, -0.25) is 19.3 Å². The smallest absolute Gasteiger partial charge is 0.308 e. The van der Waals surface area contributed by atoms with Crippen molar-refractivity contribution >= 4 is 27.7 Å². The minimum atomic E-state index is -3.60. The predicted molar refractivity (Wildman–Crippen MR) is 108 cm³/mol. The van der Waals surface area contributed by atoms with Crippen molar-refractivity contribution in [2.45, 2.75) is 63.0 Å². The number of esters is 1. The Morgan fingerprint density at radius 3 is 2.76 bits per heavy atom. The van der Waals surface area contributed by atoms with Gasteiger partial charge in [0, 0.05) is 11.6 Å². The van der Waals surface area contributed by atoms with E-state index in [2.05, 4.69) is 22.0 Å². The van der Waals surface area contributed by atoms with Crippen molar-refractivity contribution < 1.29 is 22.7 Å². The van der Waals surface area contributed by atoms with Gasteiger partial charge in [0.2, 0.25) is 0 Å². The van der Waals surface area contributed by atoms with Crippen LogP contribution in [0.2, 0.25) is 0 Å². The van der Waals surface area contributed by atoms with Gasteiger partial charge in [-0.1, -0.05) is 31.9 Å². The number of hydrogen-bond donors (Lipinski definition) is 2. The molecule has 1 aliphatic carbocycles. The average Bonchev–Trinajstić information content (AvgIpc) is 2.94. The summed E-state index contributed by atoms with van der Waals surface area (Å²) < 4.78 is 31.7. The molecule has 9 heteroatoms. The van der Waals surface area contributed by atoms with Crippen molar-refractivity contribution in [1.29, 1.82) is 0 Å². The molecule has 2 aliphatic rings. The number of nitrogens with one attached hydrogen (secondary N) is 2. The van der Waals surface area contributed by atoms with Crippen molar-refractivity contribution in [3.05, 3.63) is 29.8 Å². The fourth-order valence-electron chi connectivity index (χ4n) is 3.65. The van der Waals surface area contributed by atoms with Crippen LogP contribution in [0.4, 0.5) is 0 Å². The summed E-state index contributed by atoms with van der Waals surface area (Å²) in [5, 5.41) is 2.97. The number of carbonyl (C=O) groups is 2. The lowest BCUT2D eigenvalue weighted by molar-refractivity contribution is -0.155. The first-order chi connectivity index (χ1) is 13.8. The molecule has 1 heterocycles. The van der Waals surface area contributed by atoms with E-state index in [0.29, 0.717) is 11.5 Å². The zero-order chi connectivity index (χ0) is 21.0. The third kappa shape index (κ3) is 5.14. The number of carbonyl (C=O) groups excluding carboxylic acids is 2. The lowest BCUT2D eigenvalue weighted by atomic mass is 9.86. The van der Waals surface area contributed by atoms with Crippen molar-refractivity contribution in [3.63, 3.8) is 0 Å². The maximum atomic E-state index is 12.3. The predicted octanol–water partition coefficient (Wildman–Crippen LogP) is 1.74. The number of fused-ring (bicyclic) bond motifs is 1. The van der Waals surface area contributed by atoms with Gasteiger partial charge >= 0.3 is 5.97 Å². The second-order valence-corrected chi connectivity index (χ2v) is 9.24. The summed E-state index contributed by atoms with van der Waals surface area (Å²) in [5.41, 5.74) is 0.482. The summed E-state index contributed by atoms with van der Waals surface area (Å²) in [6.45, 7) is 3.72. The monoisotopic (exact) mass is 421 g/mol. The van der Waals surface area contributed by atoms with Crippen molar-refractivity contribution in [1.82, 2.24) is 10.0 Å². The van der Waals surface area contributed by atoms with Crippen molar-refractivity contribution in [2.24, 2.45) is 10.9 Å². The van der Waals surface area contributed by atoms with Gasteiger partial charge in [-0.25, -0.2) is 8.42 Å². The third-order valence-corrected chi connectivity index (χ3v) is 6.76. The Kier molecular flexibility index (Phi) is 6.56. The van der Waals surface area contributed by atoms with Crippen LogP contribution < -0.4 is 10.0 Å². The molecule has 3 atom stereocenters. The highest BCUT2D eigenvalue weighted by molar-refractivity contribution is 7.90. The second-order valence-electron chi connectivity index (χ2n) is 7.59. The molecule has 158 valence electrons. The maximum Gasteiger partial charge on any atom is 0.308 e. The highest BCUT2D eigenvalue weighted by Crippen LogP contribution is 2.24. The topological polar surface area (TPSA) is 114 Å². The largest absolute Gasteiger partial charge is 0.452 e. The van der Waals surface area contributed by atoms with Gasteiger partial charge in [-0.15, -0.1) is 0 Å². The molecule has 1 amide bonds. The quantitative estimate of drug-likeness (QED) is 0.679. The van der Waals surface area contributed by atoms with Gasteiger partial charge in [-0.05, 0) is 37.8 Å². The number of amidine groups is 1. The first kappa shape index (κ1) is 21.3. The van der Waals surface area contributed by atoms with Gasteiger partial charge < -0.3 is 10.1 Å². The fraction of sp³-hybridized carbons (Fsp3) is 0.550. The first-order valence-corrected chi connectivity index (χ1v) is 11.4. The van der Waals surface area contributed by atoms with E-state index in [1.54, 1.807) is 25.1 Å². The van der Waals surface area contributed by atoms with Crippen LogP contribution in [0.3, 0.4) is 0 Å². The fourth-order valence-corrected chi connectivity index (χ4v) is 4.90. The van der Waals surface area contributed by atoms with Gasteiger partial charge in [0.15, 0.2) is 6.10 Å². The molecule has 0 spiro atoms. The molecule has 2 N–H and O–H groups in total. The molecule has 0 unspecified atom stereocenters. The molecule has 0 saturated heterocycles. The number of benzene rings is 1. The summed E-state index contributed by atoms with van der Waals surface area (Å²) in [6.07, 6.45) is 3.38. The van der Waals surface area contributed by atoms with E-state index in [-0.39, 0.29) is 35.6 Å². The van der Waals surface area contributed by atoms with E-state index < -0.39 is 22.1 Å². The summed E-state index contributed by atoms with van der Waals surface area (Å²) in [4.78, 5) is 28.7. The van der Waals surface area contributed by atoms with E-state index in [1.165, 1.54) is 12.5 Å². The van der Waals surface area contributed by atoms with Crippen LogP contribution in [-0.2, 0) is 24.3 Å². The zero-order valence-corrected chi connectivity index (χ0v) is 17.5. The maximum absolute atomic E-state index is 12.3. The highest BCUT2D eigenvalue weighted by atomic mass is 32.2. The summed E-state index contributed by atoms with van der Waals surface area (Å²) in [5.74, 6) is -0.210.